The molecule has 0 aromatic rings. The summed E-state index contributed by atoms with van der Waals surface area (Å²) in [7, 11) is 0. The standard InChI is InChI=1S/C11H21N3O2S/c1-8(2)14(6-10(12)15)11(16)5-9-7-17-4-3-13-9/h8-9,13H,3-7H2,1-2H3,(H2,12,15). The van der Waals surface area contributed by atoms with Crippen LogP contribution >= 0.6 is 11.8 Å². The van der Waals surface area contributed by atoms with E-state index in [-0.39, 0.29) is 24.5 Å². The Morgan fingerprint density at radius 3 is 2.71 bits per heavy atom. The molecule has 0 saturated carbocycles. The van der Waals surface area contributed by atoms with E-state index < -0.39 is 5.91 Å². The fourth-order valence-electron chi connectivity index (χ4n) is 1.81. The smallest absolute Gasteiger partial charge is 0.237 e. The van der Waals surface area contributed by atoms with Gasteiger partial charge in [-0.05, 0) is 13.8 Å². The number of carbonyl (C=O) groups is 2. The van der Waals surface area contributed by atoms with Gasteiger partial charge in [0.05, 0.1) is 6.54 Å². The second kappa shape index (κ2) is 6.86. The van der Waals surface area contributed by atoms with Gasteiger partial charge in [-0.15, -0.1) is 0 Å². The van der Waals surface area contributed by atoms with E-state index in [1.54, 1.807) is 4.90 Å². The third kappa shape index (κ3) is 4.95. The van der Waals surface area contributed by atoms with Crippen LogP contribution in [0, 0.1) is 0 Å². The minimum atomic E-state index is -0.460. The number of carbonyl (C=O) groups excluding carboxylic acids is 2. The van der Waals surface area contributed by atoms with Gasteiger partial charge >= 0.3 is 0 Å². The molecule has 1 fully saturated rings. The number of hydrogen-bond acceptors (Lipinski definition) is 4. The maximum Gasteiger partial charge on any atom is 0.237 e. The predicted octanol–water partition coefficient (Wildman–Crippen LogP) is -0.196. The number of thioether (sulfide) groups is 1. The summed E-state index contributed by atoms with van der Waals surface area (Å²) >= 11 is 1.85. The first-order chi connectivity index (χ1) is 8.00. The summed E-state index contributed by atoms with van der Waals surface area (Å²) in [6.45, 7) is 4.74. The van der Waals surface area contributed by atoms with Gasteiger partial charge in [0, 0.05) is 36.6 Å². The molecule has 1 atom stereocenters. The molecule has 3 N–H and O–H groups in total. The molecule has 1 aliphatic heterocycles. The summed E-state index contributed by atoms with van der Waals surface area (Å²) in [5, 5.41) is 3.31. The molecule has 2 amide bonds. The Morgan fingerprint density at radius 2 is 2.24 bits per heavy atom. The van der Waals surface area contributed by atoms with Crippen LogP contribution in [0.15, 0.2) is 0 Å². The normalized spacial score (nSPS) is 20.3. The van der Waals surface area contributed by atoms with Crippen LogP contribution in [0.25, 0.3) is 0 Å². The molecule has 0 spiro atoms. The van der Waals surface area contributed by atoms with Crippen molar-refractivity contribution in [1.82, 2.24) is 10.2 Å². The molecular weight excluding hydrogens is 238 g/mol. The van der Waals surface area contributed by atoms with Crippen molar-refractivity contribution in [2.75, 3.05) is 24.6 Å². The topological polar surface area (TPSA) is 75.4 Å². The van der Waals surface area contributed by atoms with Crippen molar-refractivity contribution >= 4 is 23.6 Å². The van der Waals surface area contributed by atoms with Crippen molar-refractivity contribution in [2.45, 2.75) is 32.4 Å². The minimum Gasteiger partial charge on any atom is -0.368 e. The average molecular weight is 259 g/mol. The Balaban J connectivity index is 2.49. The van der Waals surface area contributed by atoms with Crippen LogP contribution in [0.4, 0.5) is 0 Å². The number of primary amides is 1. The number of rotatable bonds is 5. The summed E-state index contributed by atoms with van der Waals surface area (Å²) in [4.78, 5) is 24.5. The molecule has 5 nitrogen and oxygen atoms in total. The lowest BCUT2D eigenvalue weighted by Gasteiger charge is -2.29. The highest BCUT2D eigenvalue weighted by Crippen LogP contribution is 2.12. The lowest BCUT2D eigenvalue weighted by atomic mass is 10.2. The van der Waals surface area contributed by atoms with Gasteiger partial charge in [0.2, 0.25) is 11.8 Å². The average Bonchev–Trinajstić information content (AvgIpc) is 2.26. The molecule has 0 radical (unpaired) electrons. The van der Waals surface area contributed by atoms with E-state index in [0.29, 0.717) is 6.42 Å². The molecular formula is C11H21N3O2S. The first-order valence-electron chi connectivity index (χ1n) is 5.89. The number of amides is 2. The molecule has 17 heavy (non-hydrogen) atoms. The molecule has 1 saturated heterocycles. The van der Waals surface area contributed by atoms with Gasteiger partial charge in [-0.1, -0.05) is 0 Å². The van der Waals surface area contributed by atoms with Gasteiger partial charge in [0.15, 0.2) is 0 Å². The van der Waals surface area contributed by atoms with Crippen LogP contribution < -0.4 is 11.1 Å². The van der Waals surface area contributed by atoms with Gasteiger partial charge in [0.25, 0.3) is 0 Å². The molecule has 1 aliphatic rings. The van der Waals surface area contributed by atoms with Crippen molar-refractivity contribution in [3.05, 3.63) is 0 Å². The molecule has 1 heterocycles. The third-order valence-electron chi connectivity index (χ3n) is 2.69. The van der Waals surface area contributed by atoms with Crippen LogP contribution in [-0.2, 0) is 9.59 Å². The zero-order chi connectivity index (χ0) is 12.8. The summed E-state index contributed by atoms with van der Waals surface area (Å²) < 4.78 is 0. The maximum atomic E-state index is 12.1. The molecule has 0 aromatic carbocycles. The number of nitrogens with one attached hydrogen (secondary N) is 1. The van der Waals surface area contributed by atoms with E-state index >= 15 is 0 Å². The highest BCUT2D eigenvalue weighted by molar-refractivity contribution is 7.99. The van der Waals surface area contributed by atoms with Crippen LogP contribution in [0.2, 0.25) is 0 Å². The second-order valence-electron chi connectivity index (χ2n) is 4.51. The number of hydrogen-bond donors (Lipinski definition) is 2. The summed E-state index contributed by atoms with van der Waals surface area (Å²) in [6, 6.07) is 0.224. The Bertz CT molecular complexity index is 278. The Morgan fingerprint density at radius 1 is 1.53 bits per heavy atom. The van der Waals surface area contributed by atoms with E-state index in [9.17, 15) is 9.59 Å². The Hall–Kier alpha value is -0.750. The van der Waals surface area contributed by atoms with Gasteiger partial charge in [-0.3, -0.25) is 9.59 Å². The van der Waals surface area contributed by atoms with E-state index in [1.165, 1.54) is 0 Å². The SMILES string of the molecule is CC(C)N(CC(N)=O)C(=O)CC1CSCCN1. The molecule has 98 valence electrons. The predicted molar refractivity (Wildman–Crippen MR) is 69.8 cm³/mol. The first-order valence-corrected chi connectivity index (χ1v) is 7.05. The fraction of sp³-hybridized carbons (Fsp3) is 0.818. The fourth-order valence-corrected chi connectivity index (χ4v) is 2.75. The zero-order valence-corrected chi connectivity index (χ0v) is 11.3. The van der Waals surface area contributed by atoms with E-state index in [2.05, 4.69) is 5.32 Å². The lowest BCUT2D eigenvalue weighted by molar-refractivity contribution is -0.137. The molecule has 6 heteroatoms. The number of nitrogens with zero attached hydrogens (tertiary/aromatic N) is 1. The molecule has 0 aliphatic carbocycles. The summed E-state index contributed by atoms with van der Waals surface area (Å²) in [5.74, 6) is 1.59. The van der Waals surface area contributed by atoms with Crippen molar-refractivity contribution in [3.8, 4) is 0 Å². The molecule has 1 unspecified atom stereocenters. The third-order valence-corrected chi connectivity index (χ3v) is 3.82. The minimum absolute atomic E-state index is 0.00111. The van der Waals surface area contributed by atoms with Gasteiger partial charge in [-0.25, -0.2) is 0 Å². The van der Waals surface area contributed by atoms with E-state index in [0.717, 1.165) is 18.1 Å². The Labute approximate surface area is 106 Å². The van der Waals surface area contributed by atoms with Gasteiger partial charge < -0.3 is 16.0 Å². The molecule has 1 rings (SSSR count). The van der Waals surface area contributed by atoms with Crippen LogP contribution in [0.1, 0.15) is 20.3 Å². The second-order valence-corrected chi connectivity index (χ2v) is 5.66. The maximum absolute atomic E-state index is 12.1. The van der Waals surface area contributed by atoms with Crippen LogP contribution in [0.3, 0.4) is 0 Å². The van der Waals surface area contributed by atoms with Crippen molar-refractivity contribution < 1.29 is 9.59 Å². The molecule has 0 bridgehead atoms. The summed E-state index contributed by atoms with van der Waals surface area (Å²) in [6.07, 6.45) is 0.443. The quantitative estimate of drug-likeness (QED) is 0.717. The molecule has 0 aromatic heterocycles. The van der Waals surface area contributed by atoms with Crippen LogP contribution in [-0.4, -0.2) is 53.4 Å². The summed E-state index contributed by atoms with van der Waals surface area (Å²) in [5.41, 5.74) is 5.15. The van der Waals surface area contributed by atoms with E-state index in [4.69, 9.17) is 5.73 Å². The van der Waals surface area contributed by atoms with Crippen molar-refractivity contribution in [2.24, 2.45) is 5.73 Å². The van der Waals surface area contributed by atoms with Gasteiger partial charge in [-0.2, -0.15) is 11.8 Å². The lowest BCUT2D eigenvalue weighted by Crippen LogP contribution is -2.47. The van der Waals surface area contributed by atoms with Crippen molar-refractivity contribution in [1.29, 1.82) is 0 Å². The van der Waals surface area contributed by atoms with E-state index in [1.807, 2.05) is 25.6 Å². The van der Waals surface area contributed by atoms with Crippen molar-refractivity contribution in [3.63, 3.8) is 0 Å². The number of nitrogens with two attached hydrogens (primary N) is 1. The Kier molecular flexibility index (Phi) is 5.77. The first kappa shape index (κ1) is 14.3. The monoisotopic (exact) mass is 259 g/mol. The zero-order valence-electron chi connectivity index (χ0n) is 10.4. The largest absolute Gasteiger partial charge is 0.368 e. The highest BCUT2D eigenvalue weighted by atomic mass is 32.2. The van der Waals surface area contributed by atoms with Crippen LogP contribution in [0.5, 0.6) is 0 Å². The van der Waals surface area contributed by atoms with Gasteiger partial charge in [0.1, 0.15) is 0 Å². The highest BCUT2D eigenvalue weighted by Gasteiger charge is 2.23.